The van der Waals surface area contributed by atoms with Crippen LogP contribution in [0, 0.1) is 0 Å². The van der Waals surface area contributed by atoms with Gasteiger partial charge in [0.2, 0.25) is 5.82 Å². The molecule has 0 aliphatic heterocycles. The number of carbonyl (C=O) groups is 1. The predicted molar refractivity (Wildman–Crippen MR) is 107 cm³/mol. The van der Waals surface area contributed by atoms with Gasteiger partial charge >= 0.3 is 5.97 Å². The number of ether oxygens (including phenoxy) is 2. The van der Waals surface area contributed by atoms with Crippen LogP contribution < -0.4 is 10.3 Å². The molecule has 0 fully saturated rings. The van der Waals surface area contributed by atoms with Crippen LogP contribution in [0.2, 0.25) is 0 Å². The number of hydrogen-bond acceptors (Lipinski definition) is 8. The maximum Gasteiger partial charge on any atom is 0.312 e. The van der Waals surface area contributed by atoms with E-state index < -0.39 is 5.97 Å². The molecule has 0 saturated carbocycles. The summed E-state index contributed by atoms with van der Waals surface area (Å²) in [4.78, 5) is 28.4. The molecule has 4 aromatic rings. The average Bonchev–Trinajstić information content (AvgIpc) is 3.24. The third-order valence-corrected chi connectivity index (χ3v) is 4.34. The predicted octanol–water partition coefficient (Wildman–Crippen LogP) is 2.66. The van der Waals surface area contributed by atoms with E-state index in [1.54, 1.807) is 24.3 Å². The summed E-state index contributed by atoms with van der Waals surface area (Å²) < 4.78 is 16.0. The van der Waals surface area contributed by atoms with Crippen LogP contribution in [0.4, 0.5) is 0 Å². The Morgan fingerprint density at radius 3 is 2.70 bits per heavy atom. The van der Waals surface area contributed by atoms with Crippen molar-refractivity contribution in [2.24, 2.45) is 0 Å². The van der Waals surface area contributed by atoms with Crippen molar-refractivity contribution in [1.29, 1.82) is 0 Å². The van der Waals surface area contributed by atoms with Crippen LogP contribution >= 0.6 is 0 Å². The molecule has 0 unspecified atom stereocenters. The normalized spacial score (nSPS) is 10.8. The van der Waals surface area contributed by atoms with E-state index >= 15 is 0 Å². The highest BCUT2D eigenvalue weighted by Gasteiger charge is 2.16. The van der Waals surface area contributed by atoms with Gasteiger partial charge in [0.1, 0.15) is 5.75 Å². The van der Waals surface area contributed by atoms with E-state index in [2.05, 4.69) is 20.3 Å². The number of nitrogens with zero attached hydrogens (tertiary/aromatic N) is 3. The number of esters is 1. The quantitative estimate of drug-likeness (QED) is 0.465. The van der Waals surface area contributed by atoms with Gasteiger partial charge in [0.25, 0.3) is 11.4 Å². The van der Waals surface area contributed by atoms with Crippen LogP contribution in [0.25, 0.3) is 22.2 Å². The van der Waals surface area contributed by atoms with Crippen LogP contribution in [0.5, 0.6) is 5.75 Å². The summed E-state index contributed by atoms with van der Waals surface area (Å²) in [6.45, 7) is 2.22. The topological polar surface area (TPSA) is 120 Å². The van der Waals surface area contributed by atoms with E-state index in [1.165, 1.54) is 0 Å². The van der Waals surface area contributed by atoms with Crippen molar-refractivity contribution >= 4 is 16.7 Å². The lowest BCUT2D eigenvalue weighted by Crippen LogP contribution is -2.15. The van der Waals surface area contributed by atoms with E-state index in [4.69, 9.17) is 14.0 Å². The zero-order valence-electron chi connectivity index (χ0n) is 16.1. The molecule has 0 aliphatic rings. The first-order chi connectivity index (χ1) is 14.7. The van der Waals surface area contributed by atoms with E-state index in [0.717, 1.165) is 0 Å². The van der Waals surface area contributed by atoms with Crippen molar-refractivity contribution in [3.05, 3.63) is 70.5 Å². The molecule has 0 saturated heterocycles. The third-order valence-electron chi connectivity index (χ3n) is 4.34. The number of hydrogen-bond donors (Lipinski definition) is 1. The largest absolute Gasteiger partial charge is 0.493 e. The number of para-hydroxylation sites is 1. The molecule has 0 aliphatic carbocycles. The lowest BCUT2D eigenvalue weighted by molar-refractivity contribution is -0.144. The Morgan fingerprint density at radius 2 is 1.87 bits per heavy atom. The van der Waals surface area contributed by atoms with Crippen LogP contribution in [0.3, 0.4) is 0 Å². The highest BCUT2D eigenvalue weighted by atomic mass is 16.6. The van der Waals surface area contributed by atoms with Gasteiger partial charge in [-0.15, -0.1) is 0 Å². The van der Waals surface area contributed by atoms with Crippen LogP contribution in [-0.4, -0.2) is 32.9 Å². The van der Waals surface area contributed by atoms with E-state index in [9.17, 15) is 9.59 Å². The highest BCUT2D eigenvalue weighted by Crippen LogP contribution is 2.27. The van der Waals surface area contributed by atoms with Crippen molar-refractivity contribution in [2.75, 3.05) is 6.61 Å². The van der Waals surface area contributed by atoms with Gasteiger partial charge in [-0.1, -0.05) is 35.5 Å². The van der Waals surface area contributed by atoms with Crippen molar-refractivity contribution in [3.8, 4) is 17.1 Å². The second kappa shape index (κ2) is 8.56. The number of H-pyrrole nitrogens is 1. The van der Waals surface area contributed by atoms with Gasteiger partial charge in [0, 0.05) is 5.39 Å². The Bertz CT molecular complexity index is 1250. The standard InChI is InChI=1S/C21H18N4O5/c1-2-28-17-10-6-5-9-15(17)20-22-18(30-25-20)12-29-19(26)11-16-13-7-3-4-8-14(13)21(27)24-23-16/h3-10H,2,11-12H2,1H3,(H,24,27). The van der Waals surface area contributed by atoms with Gasteiger partial charge in [0.15, 0.2) is 6.61 Å². The number of benzene rings is 2. The molecule has 30 heavy (non-hydrogen) atoms. The van der Waals surface area contributed by atoms with Crippen molar-refractivity contribution < 1.29 is 18.8 Å². The summed E-state index contributed by atoms with van der Waals surface area (Å²) in [5, 5.41) is 11.4. The second-order valence-corrected chi connectivity index (χ2v) is 6.32. The molecule has 152 valence electrons. The molecule has 0 atom stereocenters. The zero-order chi connectivity index (χ0) is 20.9. The Hall–Kier alpha value is -4.01. The molecule has 4 rings (SSSR count). The fourth-order valence-electron chi connectivity index (χ4n) is 2.99. The molecule has 9 nitrogen and oxygen atoms in total. The molecular formula is C21H18N4O5. The summed E-state index contributed by atoms with van der Waals surface area (Å²) in [5.41, 5.74) is 0.796. The van der Waals surface area contributed by atoms with E-state index in [0.29, 0.717) is 40.2 Å². The summed E-state index contributed by atoms with van der Waals surface area (Å²) in [6, 6.07) is 14.3. The van der Waals surface area contributed by atoms with E-state index in [1.807, 2.05) is 31.2 Å². The molecular weight excluding hydrogens is 388 g/mol. The minimum Gasteiger partial charge on any atom is -0.493 e. The number of nitrogens with one attached hydrogen (secondary N) is 1. The molecule has 2 aromatic heterocycles. The third kappa shape index (κ3) is 4.04. The minimum atomic E-state index is -0.533. The number of carbonyl (C=O) groups excluding carboxylic acids is 1. The minimum absolute atomic E-state index is 0.106. The summed E-state index contributed by atoms with van der Waals surface area (Å²) in [7, 11) is 0. The Labute approximate surface area is 170 Å². The zero-order valence-corrected chi connectivity index (χ0v) is 16.1. The Balaban J connectivity index is 1.44. The van der Waals surface area contributed by atoms with E-state index in [-0.39, 0.29) is 24.5 Å². The summed E-state index contributed by atoms with van der Waals surface area (Å²) >= 11 is 0. The lowest BCUT2D eigenvalue weighted by atomic mass is 10.1. The molecule has 0 bridgehead atoms. The highest BCUT2D eigenvalue weighted by molar-refractivity contribution is 5.86. The summed E-state index contributed by atoms with van der Waals surface area (Å²) in [6.07, 6.45) is -0.106. The van der Waals surface area contributed by atoms with Crippen molar-refractivity contribution in [3.63, 3.8) is 0 Å². The molecule has 2 aromatic carbocycles. The van der Waals surface area contributed by atoms with Crippen LogP contribution in [-0.2, 0) is 22.6 Å². The van der Waals surface area contributed by atoms with Gasteiger partial charge in [-0.3, -0.25) is 9.59 Å². The molecule has 0 radical (unpaired) electrons. The molecule has 0 amide bonds. The van der Waals surface area contributed by atoms with Crippen molar-refractivity contribution in [1.82, 2.24) is 20.3 Å². The van der Waals surface area contributed by atoms with Gasteiger partial charge in [-0.2, -0.15) is 10.1 Å². The van der Waals surface area contributed by atoms with Gasteiger partial charge in [-0.25, -0.2) is 5.10 Å². The first kappa shape index (κ1) is 19.3. The Morgan fingerprint density at radius 1 is 1.10 bits per heavy atom. The van der Waals surface area contributed by atoms with Crippen molar-refractivity contribution in [2.45, 2.75) is 20.0 Å². The van der Waals surface area contributed by atoms with Crippen LogP contribution in [0.1, 0.15) is 18.5 Å². The smallest absolute Gasteiger partial charge is 0.312 e. The summed E-state index contributed by atoms with van der Waals surface area (Å²) in [5.74, 6) is 0.608. The average molecular weight is 406 g/mol. The molecule has 0 spiro atoms. The van der Waals surface area contributed by atoms with Gasteiger partial charge in [-0.05, 0) is 25.1 Å². The second-order valence-electron chi connectivity index (χ2n) is 6.32. The molecule has 1 N–H and O–H groups in total. The Kier molecular flexibility index (Phi) is 5.51. The monoisotopic (exact) mass is 406 g/mol. The maximum absolute atomic E-state index is 12.3. The number of rotatable bonds is 7. The van der Waals surface area contributed by atoms with Gasteiger partial charge in [0.05, 0.1) is 29.7 Å². The molecule has 2 heterocycles. The fraction of sp³-hybridized carbons (Fsp3) is 0.190. The fourth-order valence-corrected chi connectivity index (χ4v) is 2.99. The SMILES string of the molecule is CCOc1ccccc1-c1noc(COC(=O)Cc2n[nH]c(=O)c3ccccc23)n1. The van der Waals surface area contributed by atoms with Gasteiger partial charge < -0.3 is 14.0 Å². The maximum atomic E-state index is 12.3. The first-order valence-electron chi connectivity index (χ1n) is 9.32. The van der Waals surface area contributed by atoms with Crippen LogP contribution in [0.15, 0.2) is 57.8 Å². The number of fused-ring (bicyclic) bond motifs is 1. The molecule has 9 heteroatoms. The first-order valence-corrected chi connectivity index (χ1v) is 9.32. The number of aromatic amines is 1. The lowest BCUT2D eigenvalue weighted by Gasteiger charge is -2.06. The number of aromatic nitrogens is 4.